The highest BCUT2D eigenvalue weighted by atomic mass is 32.2. The molecular weight excluding hydrogens is 329 g/mol. The van der Waals surface area contributed by atoms with Crippen molar-refractivity contribution in [2.45, 2.75) is 6.04 Å². The minimum Gasteiger partial charge on any atom is -0.472 e. The SMILES string of the molecule is O=C(NC[C@H](c1ccoc1)N1CCSCC1)Nc1ccccc1F. The smallest absolute Gasteiger partial charge is 0.319 e. The summed E-state index contributed by atoms with van der Waals surface area (Å²) in [5.41, 5.74) is 1.21. The molecule has 2 amide bonds. The Morgan fingerprint density at radius 3 is 2.79 bits per heavy atom. The van der Waals surface area contributed by atoms with Gasteiger partial charge in [0.25, 0.3) is 0 Å². The van der Waals surface area contributed by atoms with Gasteiger partial charge < -0.3 is 15.1 Å². The number of anilines is 1. The molecule has 1 saturated heterocycles. The molecule has 1 aromatic carbocycles. The summed E-state index contributed by atoms with van der Waals surface area (Å²) >= 11 is 1.93. The maximum Gasteiger partial charge on any atom is 0.319 e. The summed E-state index contributed by atoms with van der Waals surface area (Å²) in [7, 11) is 0. The van der Waals surface area contributed by atoms with Gasteiger partial charge >= 0.3 is 6.03 Å². The molecule has 0 bridgehead atoms. The number of halogens is 1. The number of amides is 2. The van der Waals surface area contributed by atoms with E-state index in [2.05, 4.69) is 15.5 Å². The van der Waals surface area contributed by atoms with E-state index in [1.165, 1.54) is 12.1 Å². The molecule has 0 unspecified atom stereocenters. The minimum absolute atomic E-state index is 0.0519. The van der Waals surface area contributed by atoms with Crippen LogP contribution in [0.3, 0.4) is 0 Å². The number of hydrogen-bond acceptors (Lipinski definition) is 4. The van der Waals surface area contributed by atoms with Gasteiger partial charge in [0.05, 0.1) is 24.3 Å². The third-order valence-electron chi connectivity index (χ3n) is 3.99. The van der Waals surface area contributed by atoms with Gasteiger partial charge in [-0.05, 0) is 18.2 Å². The van der Waals surface area contributed by atoms with E-state index in [-0.39, 0.29) is 11.7 Å². The standard InChI is InChI=1S/C17H20FN3O2S/c18-14-3-1-2-4-15(14)20-17(22)19-11-16(13-5-8-23-12-13)21-6-9-24-10-7-21/h1-5,8,12,16H,6-7,9-11H2,(H2,19,20,22)/t16-/m1/s1. The summed E-state index contributed by atoms with van der Waals surface area (Å²) in [6.45, 7) is 2.37. The van der Waals surface area contributed by atoms with E-state index in [9.17, 15) is 9.18 Å². The van der Waals surface area contributed by atoms with Gasteiger partial charge in [-0.15, -0.1) is 0 Å². The molecular formula is C17H20FN3O2S. The van der Waals surface area contributed by atoms with E-state index in [4.69, 9.17) is 4.42 Å². The van der Waals surface area contributed by atoms with Gasteiger partial charge in [0.15, 0.2) is 0 Å². The molecule has 0 spiro atoms. The number of nitrogens with one attached hydrogen (secondary N) is 2. The van der Waals surface area contributed by atoms with Gasteiger partial charge in [-0.1, -0.05) is 12.1 Å². The monoisotopic (exact) mass is 349 g/mol. The summed E-state index contributed by atoms with van der Waals surface area (Å²) in [4.78, 5) is 14.4. The fraction of sp³-hybridized carbons (Fsp3) is 0.353. The highest BCUT2D eigenvalue weighted by molar-refractivity contribution is 7.99. The van der Waals surface area contributed by atoms with Crippen LogP contribution in [-0.2, 0) is 0 Å². The van der Waals surface area contributed by atoms with E-state index < -0.39 is 11.8 Å². The topological polar surface area (TPSA) is 57.5 Å². The lowest BCUT2D eigenvalue weighted by Crippen LogP contribution is -2.42. The maximum absolute atomic E-state index is 13.6. The third-order valence-corrected chi connectivity index (χ3v) is 4.93. The normalized spacial score (nSPS) is 16.5. The van der Waals surface area contributed by atoms with E-state index in [1.54, 1.807) is 24.7 Å². The van der Waals surface area contributed by atoms with Crippen molar-refractivity contribution in [3.05, 3.63) is 54.2 Å². The van der Waals surface area contributed by atoms with Crippen LogP contribution < -0.4 is 10.6 Å². The molecule has 2 heterocycles. The zero-order valence-electron chi connectivity index (χ0n) is 13.2. The number of rotatable bonds is 5. The predicted molar refractivity (Wildman–Crippen MR) is 93.8 cm³/mol. The van der Waals surface area contributed by atoms with Crippen LogP contribution in [0, 0.1) is 5.82 Å². The summed E-state index contributed by atoms with van der Waals surface area (Å²) in [6.07, 6.45) is 3.35. The summed E-state index contributed by atoms with van der Waals surface area (Å²) in [6, 6.07) is 7.67. The van der Waals surface area contributed by atoms with Crippen LogP contribution in [0.4, 0.5) is 14.9 Å². The molecule has 1 aliphatic rings. The number of para-hydroxylation sites is 1. The zero-order valence-corrected chi connectivity index (χ0v) is 14.0. The van der Waals surface area contributed by atoms with Crippen molar-refractivity contribution in [1.29, 1.82) is 0 Å². The average Bonchev–Trinajstić information content (AvgIpc) is 3.12. The molecule has 0 radical (unpaired) electrons. The van der Waals surface area contributed by atoms with Crippen LogP contribution in [0.2, 0.25) is 0 Å². The molecule has 7 heteroatoms. The number of nitrogens with zero attached hydrogens (tertiary/aromatic N) is 1. The zero-order chi connectivity index (χ0) is 16.8. The Hall–Kier alpha value is -1.99. The van der Waals surface area contributed by atoms with Gasteiger partial charge in [-0.3, -0.25) is 4.90 Å². The Morgan fingerprint density at radius 2 is 2.08 bits per heavy atom. The van der Waals surface area contributed by atoms with Gasteiger partial charge in [0.1, 0.15) is 5.82 Å². The van der Waals surface area contributed by atoms with Crippen LogP contribution in [-0.4, -0.2) is 42.1 Å². The van der Waals surface area contributed by atoms with Gasteiger partial charge in [-0.25, -0.2) is 9.18 Å². The van der Waals surface area contributed by atoms with Crippen molar-refractivity contribution >= 4 is 23.5 Å². The molecule has 5 nitrogen and oxygen atoms in total. The Bertz CT molecular complexity index is 660. The molecule has 128 valence electrons. The lowest BCUT2D eigenvalue weighted by atomic mass is 10.1. The molecule has 0 aliphatic carbocycles. The third kappa shape index (κ3) is 4.30. The Kier molecular flexibility index (Phi) is 5.77. The van der Waals surface area contributed by atoms with Crippen LogP contribution in [0.15, 0.2) is 47.3 Å². The van der Waals surface area contributed by atoms with E-state index in [1.807, 2.05) is 17.8 Å². The Labute approximate surface area is 144 Å². The molecule has 24 heavy (non-hydrogen) atoms. The fourth-order valence-corrected chi connectivity index (χ4v) is 3.66. The quantitative estimate of drug-likeness (QED) is 0.869. The number of urea groups is 1. The summed E-state index contributed by atoms with van der Waals surface area (Å²) in [5, 5.41) is 5.38. The van der Waals surface area contributed by atoms with Gasteiger partial charge in [0.2, 0.25) is 0 Å². The predicted octanol–water partition coefficient (Wildman–Crippen LogP) is 3.33. The number of benzene rings is 1. The number of furan rings is 1. The van der Waals surface area contributed by atoms with Crippen molar-refractivity contribution < 1.29 is 13.6 Å². The fourth-order valence-electron chi connectivity index (χ4n) is 2.73. The highest BCUT2D eigenvalue weighted by Gasteiger charge is 2.24. The number of thioether (sulfide) groups is 1. The highest BCUT2D eigenvalue weighted by Crippen LogP contribution is 2.24. The lowest BCUT2D eigenvalue weighted by molar-refractivity contribution is 0.208. The second kappa shape index (κ2) is 8.21. The largest absolute Gasteiger partial charge is 0.472 e. The number of carbonyl (C=O) groups is 1. The first-order valence-corrected chi connectivity index (χ1v) is 9.03. The molecule has 2 N–H and O–H groups in total. The average molecular weight is 349 g/mol. The van der Waals surface area contributed by atoms with Crippen molar-refractivity contribution in [2.24, 2.45) is 0 Å². The van der Waals surface area contributed by atoms with E-state index in [0.717, 1.165) is 30.2 Å². The Morgan fingerprint density at radius 1 is 1.29 bits per heavy atom. The van der Waals surface area contributed by atoms with E-state index in [0.29, 0.717) is 6.54 Å². The second-order valence-electron chi connectivity index (χ2n) is 5.54. The minimum atomic E-state index is -0.452. The number of hydrogen-bond donors (Lipinski definition) is 2. The molecule has 1 atom stereocenters. The van der Waals surface area contributed by atoms with Crippen LogP contribution >= 0.6 is 11.8 Å². The number of carbonyl (C=O) groups excluding carboxylic acids is 1. The van der Waals surface area contributed by atoms with Crippen molar-refractivity contribution in [3.63, 3.8) is 0 Å². The van der Waals surface area contributed by atoms with Crippen LogP contribution in [0.1, 0.15) is 11.6 Å². The Balaban J connectivity index is 1.61. The lowest BCUT2D eigenvalue weighted by Gasteiger charge is -2.33. The molecule has 1 aromatic heterocycles. The van der Waals surface area contributed by atoms with Crippen molar-refractivity contribution in [2.75, 3.05) is 36.5 Å². The first-order chi connectivity index (χ1) is 11.7. The van der Waals surface area contributed by atoms with E-state index >= 15 is 0 Å². The second-order valence-corrected chi connectivity index (χ2v) is 6.76. The van der Waals surface area contributed by atoms with Gasteiger partial charge in [0, 0.05) is 36.7 Å². The molecule has 0 saturated carbocycles. The molecule has 2 aromatic rings. The van der Waals surface area contributed by atoms with Crippen LogP contribution in [0.5, 0.6) is 0 Å². The maximum atomic E-state index is 13.6. The van der Waals surface area contributed by atoms with Crippen molar-refractivity contribution in [1.82, 2.24) is 10.2 Å². The first kappa shape index (κ1) is 16.9. The molecule has 1 aliphatic heterocycles. The van der Waals surface area contributed by atoms with Crippen LogP contribution in [0.25, 0.3) is 0 Å². The van der Waals surface area contributed by atoms with Crippen molar-refractivity contribution in [3.8, 4) is 0 Å². The summed E-state index contributed by atoms with van der Waals surface area (Å²) in [5.74, 6) is 1.71. The summed E-state index contributed by atoms with van der Waals surface area (Å²) < 4.78 is 18.8. The van der Waals surface area contributed by atoms with Gasteiger partial charge in [-0.2, -0.15) is 11.8 Å². The first-order valence-electron chi connectivity index (χ1n) is 7.87. The molecule has 3 rings (SSSR count). The molecule has 1 fully saturated rings.